The summed E-state index contributed by atoms with van der Waals surface area (Å²) in [6.45, 7) is 14.8. The smallest absolute Gasteiger partial charge is 0.0575 e. The maximum atomic E-state index is 4.24. The van der Waals surface area contributed by atoms with E-state index in [9.17, 15) is 0 Å². The molecule has 2 aliphatic rings. The van der Waals surface area contributed by atoms with Crippen LogP contribution in [0.15, 0.2) is 83.8 Å². The third-order valence-corrected chi connectivity index (χ3v) is 5.55. The second-order valence-corrected chi connectivity index (χ2v) is 7.61. The summed E-state index contributed by atoms with van der Waals surface area (Å²) in [4.78, 5) is 0. The van der Waals surface area contributed by atoms with Crippen molar-refractivity contribution in [1.29, 1.82) is 0 Å². The predicted molar refractivity (Wildman–Crippen MR) is 123 cm³/mol. The Kier molecular flexibility index (Phi) is 6.41. The van der Waals surface area contributed by atoms with Crippen LogP contribution in [0.25, 0.3) is 6.08 Å². The Morgan fingerprint density at radius 2 is 2.11 bits per heavy atom. The first kappa shape index (κ1) is 20.0. The molecule has 0 fully saturated rings. The van der Waals surface area contributed by atoms with Gasteiger partial charge in [-0.3, -0.25) is 0 Å². The molecular weight excluding hydrogens is 340 g/mol. The Balaban J connectivity index is 1.79. The lowest BCUT2D eigenvalue weighted by Gasteiger charge is -2.32. The van der Waals surface area contributed by atoms with Crippen molar-refractivity contribution in [3.05, 3.63) is 94.9 Å². The maximum Gasteiger partial charge on any atom is 0.0575 e. The zero-order valence-electron chi connectivity index (χ0n) is 17.4. The summed E-state index contributed by atoms with van der Waals surface area (Å²) in [5.41, 5.74) is 9.91. The third kappa shape index (κ3) is 4.22. The van der Waals surface area contributed by atoms with Gasteiger partial charge in [-0.15, -0.1) is 0 Å². The lowest BCUT2D eigenvalue weighted by molar-refractivity contribution is 0.663. The molecule has 0 saturated carbocycles. The molecule has 0 bridgehead atoms. The number of nitrogens with one attached hydrogen (secondary N) is 2. The van der Waals surface area contributed by atoms with E-state index in [4.69, 9.17) is 0 Å². The van der Waals surface area contributed by atoms with E-state index < -0.39 is 0 Å². The summed E-state index contributed by atoms with van der Waals surface area (Å²) < 4.78 is 0. The zero-order valence-corrected chi connectivity index (χ0v) is 17.4. The Morgan fingerprint density at radius 3 is 2.82 bits per heavy atom. The van der Waals surface area contributed by atoms with Crippen molar-refractivity contribution in [2.45, 2.75) is 52.5 Å². The van der Waals surface area contributed by atoms with Crippen LogP contribution >= 0.6 is 0 Å². The average molecular weight is 373 g/mol. The predicted octanol–water partition coefficient (Wildman–Crippen LogP) is 6.81. The summed E-state index contributed by atoms with van der Waals surface area (Å²) >= 11 is 0. The first-order valence-corrected chi connectivity index (χ1v) is 10.3. The minimum absolute atomic E-state index is 0.252. The molecule has 28 heavy (non-hydrogen) atoms. The quantitative estimate of drug-likeness (QED) is 0.523. The lowest BCUT2D eigenvalue weighted by Crippen LogP contribution is -2.34. The largest absolute Gasteiger partial charge is 0.377 e. The highest BCUT2D eigenvalue weighted by atomic mass is 15.0. The summed E-state index contributed by atoms with van der Waals surface area (Å²) in [6, 6.07) is 6.54. The second-order valence-electron chi connectivity index (χ2n) is 7.61. The van der Waals surface area contributed by atoms with Gasteiger partial charge in [-0.1, -0.05) is 69.0 Å². The van der Waals surface area contributed by atoms with E-state index in [1.165, 1.54) is 28.0 Å². The molecule has 3 rings (SSSR count). The fourth-order valence-corrected chi connectivity index (χ4v) is 3.90. The molecule has 1 atom stereocenters. The number of hydrogen-bond acceptors (Lipinski definition) is 2. The molecule has 1 aromatic rings. The van der Waals surface area contributed by atoms with Crippen molar-refractivity contribution in [3.8, 4) is 0 Å². The van der Waals surface area contributed by atoms with Crippen LogP contribution in [0, 0.1) is 6.92 Å². The van der Waals surface area contributed by atoms with Crippen LogP contribution in [-0.4, -0.2) is 6.04 Å². The molecule has 0 amide bonds. The Hall–Kier alpha value is -2.74. The van der Waals surface area contributed by atoms with Crippen LogP contribution in [0.5, 0.6) is 0 Å². The molecule has 2 heteroatoms. The van der Waals surface area contributed by atoms with Gasteiger partial charge in [0.25, 0.3) is 0 Å². The van der Waals surface area contributed by atoms with E-state index in [-0.39, 0.29) is 6.04 Å². The van der Waals surface area contributed by atoms with E-state index in [2.05, 4.69) is 87.1 Å². The van der Waals surface area contributed by atoms with E-state index >= 15 is 0 Å². The first-order valence-electron chi connectivity index (χ1n) is 10.3. The molecule has 0 aliphatic heterocycles. The van der Waals surface area contributed by atoms with Crippen molar-refractivity contribution < 1.29 is 0 Å². The topological polar surface area (TPSA) is 24.1 Å². The van der Waals surface area contributed by atoms with Gasteiger partial charge in [0.1, 0.15) is 0 Å². The van der Waals surface area contributed by atoms with Gasteiger partial charge in [0.05, 0.1) is 5.70 Å². The molecule has 2 aliphatic carbocycles. The number of benzene rings is 1. The van der Waals surface area contributed by atoms with Crippen LogP contribution in [0.3, 0.4) is 0 Å². The summed E-state index contributed by atoms with van der Waals surface area (Å²) in [5, 5.41) is 7.35. The molecule has 2 nitrogen and oxygen atoms in total. The Bertz CT molecular complexity index is 893. The fourth-order valence-electron chi connectivity index (χ4n) is 3.90. The van der Waals surface area contributed by atoms with E-state index in [1.807, 2.05) is 6.08 Å². The monoisotopic (exact) mass is 372 g/mol. The van der Waals surface area contributed by atoms with Crippen molar-refractivity contribution in [1.82, 2.24) is 5.32 Å². The van der Waals surface area contributed by atoms with E-state index in [1.54, 1.807) is 0 Å². The Morgan fingerprint density at radius 1 is 1.29 bits per heavy atom. The van der Waals surface area contributed by atoms with Crippen LogP contribution < -0.4 is 10.6 Å². The van der Waals surface area contributed by atoms with Crippen molar-refractivity contribution in [2.75, 3.05) is 5.32 Å². The minimum atomic E-state index is 0.252. The van der Waals surface area contributed by atoms with E-state index in [0.29, 0.717) is 0 Å². The number of hydrogen-bond donors (Lipinski definition) is 2. The van der Waals surface area contributed by atoms with Crippen LogP contribution in [-0.2, 0) is 0 Å². The number of anilines is 1. The molecule has 1 aromatic carbocycles. The highest BCUT2D eigenvalue weighted by molar-refractivity contribution is 5.67. The fraction of sp³-hybridized carbons (Fsp3) is 0.308. The van der Waals surface area contributed by atoms with Gasteiger partial charge in [-0.05, 0) is 60.6 Å². The van der Waals surface area contributed by atoms with Crippen LogP contribution in [0.1, 0.15) is 50.7 Å². The lowest BCUT2D eigenvalue weighted by atomic mass is 9.90. The molecule has 0 heterocycles. The molecular formula is C26H32N2. The van der Waals surface area contributed by atoms with Gasteiger partial charge in [0, 0.05) is 23.8 Å². The average Bonchev–Trinajstić information content (AvgIpc) is 2.93. The van der Waals surface area contributed by atoms with Gasteiger partial charge < -0.3 is 10.6 Å². The normalized spacial score (nSPS) is 17.3. The highest BCUT2D eigenvalue weighted by Crippen LogP contribution is 2.34. The van der Waals surface area contributed by atoms with Gasteiger partial charge in [0.2, 0.25) is 0 Å². The summed E-state index contributed by atoms with van der Waals surface area (Å²) in [7, 11) is 0. The summed E-state index contributed by atoms with van der Waals surface area (Å²) in [5.74, 6) is 0. The van der Waals surface area contributed by atoms with Crippen LogP contribution in [0.4, 0.5) is 5.69 Å². The third-order valence-electron chi connectivity index (χ3n) is 5.55. The maximum absolute atomic E-state index is 4.24. The minimum Gasteiger partial charge on any atom is -0.377 e. The summed E-state index contributed by atoms with van der Waals surface area (Å²) in [6.07, 6.45) is 15.1. The van der Waals surface area contributed by atoms with Crippen molar-refractivity contribution >= 4 is 11.8 Å². The van der Waals surface area contributed by atoms with Crippen molar-refractivity contribution in [2.24, 2.45) is 0 Å². The highest BCUT2D eigenvalue weighted by Gasteiger charge is 2.25. The molecule has 0 saturated heterocycles. The van der Waals surface area contributed by atoms with Gasteiger partial charge in [0.15, 0.2) is 0 Å². The SMILES string of the molecule is C=Cc1cccc(NC2=C(NC(C)C3=CCC=CC=C3CCC)C(=C)C2)c1C. The molecule has 1 unspecified atom stereocenters. The number of allylic oxidation sites excluding steroid dienone is 6. The molecule has 146 valence electrons. The Labute approximate surface area is 170 Å². The molecule has 0 radical (unpaired) electrons. The molecule has 2 N–H and O–H groups in total. The van der Waals surface area contributed by atoms with Gasteiger partial charge in [-0.25, -0.2) is 0 Å². The van der Waals surface area contributed by atoms with Crippen molar-refractivity contribution in [3.63, 3.8) is 0 Å². The zero-order chi connectivity index (χ0) is 20.1. The molecule has 0 aromatic heterocycles. The number of rotatable bonds is 8. The van der Waals surface area contributed by atoms with E-state index in [0.717, 1.165) is 42.6 Å². The van der Waals surface area contributed by atoms with Crippen LogP contribution in [0.2, 0.25) is 0 Å². The van der Waals surface area contributed by atoms with Gasteiger partial charge in [-0.2, -0.15) is 0 Å². The van der Waals surface area contributed by atoms with Gasteiger partial charge >= 0.3 is 0 Å². The first-order chi connectivity index (χ1) is 13.5. The molecule has 0 spiro atoms. The second kappa shape index (κ2) is 8.97. The standard InChI is InChI=1S/C26H32N2/c1-6-12-22-13-9-8-10-15-23(22)20(5)27-26-18(3)17-25(26)28-24-16-11-14-21(7-2)19(24)4/h7-9,11,13-16,20,27-28H,2-3,6,10,12,17H2,1,4-5H3.